The number of benzene rings is 3. The summed E-state index contributed by atoms with van der Waals surface area (Å²) in [5.74, 6) is -2.51. The summed E-state index contributed by atoms with van der Waals surface area (Å²) in [6, 6.07) is 9.21. The number of phenolic OH excluding ortho intramolecular Hbond substituents is 1. The van der Waals surface area contributed by atoms with Crippen LogP contribution in [0.3, 0.4) is 0 Å². The molecule has 4 bridgehead atoms. The number of likely N-dealkylation sites (N-methyl/N-ethyl adjacent to an activating group) is 1. The highest BCUT2D eigenvalue weighted by atomic mass is 79.9. The number of ether oxygens (including phenoxy) is 1. The van der Waals surface area contributed by atoms with E-state index in [1.807, 2.05) is 0 Å². The smallest absolute Gasteiger partial charge is 0.253 e. The van der Waals surface area contributed by atoms with Crippen LogP contribution in [0.2, 0.25) is 5.02 Å². The first-order chi connectivity index (χ1) is 15.7. The van der Waals surface area contributed by atoms with Gasteiger partial charge in [-0.1, -0.05) is 27.5 Å². The lowest BCUT2D eigenvalue weighted by Gasteiger charge is -2.19. The lowest BCUT2D eigenvalue weighted by molar-refractivity contribution is 0.0773. The summed E-state index contributed by atoms with van der Waals surface area (Å²) in [5, 5.41) is 10.1. The molecule has 0 saturated heterocycles. The third kappa shape index (κ3) is 4.68. The van der Waals surface area contributed by atoms with Crippen LogP contribution in [-0.2, 0) is 11.0 Å². The van der Waals surface area contributed by atoms with Gasteiger partial charge in [0.25, 0.3) is 5.91 Å². The van der Waals surface area contributed by atoms with Gasteiger partial charge in [-0.05, 0) is 36.4 Å². The van der Waals surface area contributed by atoms with Gasteiger partial charge in [0.1, 0.15) is 28.9 Å². The number of nitrogens with one attached hydrogen (secondary N) is 1. The van der Waals surface area contributed by atoms with E-state index in [2.05, 4.69) is 20.7 Å². The number of phenols is 1. The summed E-state index contributed by atoms with van der Waals surface area (Å²) in [6.07, 6.45) is 0. The molecule has 0 saturated carbocycles. The van der Waals surface area contributed by atoms with Crippen molar-refractivity contribution in [3.8, 4) is 22.6 Å². The largest absolute Gasteiger partial charge is 0.505 e. The molecule has 6 nitrogen and oxygen atoms in total. The number of anilines is 1. The van der Waals surface area contributed by atoms with Gasteiger partial charge in [0.15, 0.2) is 16.7 Å². The number of hydrogen-bond donors (Lipinski definition) is 2. The quantitative estimate of drug-likeness (QED) is 0.391. The van der Waals surface area contributed by atoms with Crippen LogP contribution in [0, 0.1) is 11.6 Å². The Labute approximate surface area is 203 Å². The molecule has 0 spiro atoms. The number of carbonyl (C=O) groups excluding carboxylic acids is 1. The van der Waals surface area contributed by atoms with Crippen LogP contribution in [-0.4, -0.2) is 40.3 Å². The van der Waals surface area contributed by atoms with Crippen molar-refractivity contribution in [2.45, 2.75) is 4.90 Å². The number of halogens is 4. The Kier molecular flexibility index (Phi) is 6.60. The number of amides is 1. The normalized spacial score (nSPS) is 16.2. The highest BCUT2D eigenvalue weighted by molar-refractivity contribution is 9.10. The third-order valence-electron chi connectivity index (χ3n) is 5.00. The minimum absolute atomic E-state index is 0.00232. The van der Waals surface area contributed by atoms with Crippen LogP contribution in [0.15, 0.2) is 51.8 Å². The molecule has 0 radical (unpaired) electrons. The number of aromatic hydroxyl groups is 1. The molecule has 0 aromatic heterocycles. The lowest BCUT2D eigenvalue weighted by Crippen LogP contribution is -2.31. The average molecular weight is 558 g/mol. The van der Waals surface area contributed by atoms with Crippen molar-refractivity contribution in [1.29, 1.82) is 0 Å². The lowest BCUT2D eigenvalue weighted by atomic mass is 10.0. The topological polar surface area (TPSA) is 78.9 Å². The van der Waals surface area contributed by atoms with Gasteiger partial charge in [0.05, 0.1) is 17.3 Å². The molecule has 11 heteroatoms. The van der Waals surface area contributed by atoms with E-state index in [9.17, 15) is 22.9 Å². The van der Waals surface area contributed by atoms with Crippen molar-refractivity contribution >= 4 is 50.1 Å². The Morgan fingerprint density at radius 3 is 2.67 bits per heavy atom. The molecule has 1 amide bonds. The van der Waals surface area contributed by atoms with E-state index < -0.39 is 34.3 Å². The maximum Gasteiger partial charge on any atom is 0.253 e. The summed E-state index contributed by atoms with van der Waals surface area (Å²) < 4.78 is 51.2. The fourth-order valence-corrected chi connectivity index (χ4v) is 4.90. The summed E-state index contributed by atoms with van der Waals surface area (Å²) >= 11 is 9.38. The van der Waals surface area contributed by atoms with E-state index in [1.54, 1.807) is 25.2 Å². The first kappa shape index (κ1) is 23.5. The maximum absolute atomic E-state index is 14.8. The van der Waals surface area contributed by atoms with Gasteiger partial charge < -0.3 is 14.7 Å². The zero-order chi connectivity index (χ0) is 23.9. The second-order valence-corrected chi connectivity index (χ2v) is 9.71. The zero-order valence-corrected chi connectivity index (χ0v) is 20.2. The second-order valence-electron chi connectivity index (χ2n) is 7.20. The molecule has 33 heavy (non-hydrogen) atoms. The first-order valence-electron chi connectivity index (χ1n) is 9.54. The number of rotatable bonds is 0. The van der Waals surface area contributed by atoms with E-state index in [1.165, 1.54) is 17.0 Å². The van der Waals surface area contributed by atoms with E-state index >= 15 is 0 Å². The molecule has 3 aromatic rings. The van der Waals surface area contributed by atoms with Gasteiger partial charge in [0, 0.05) is 34.3 Å². The van der Waals surface area contributed by atoms with E-state index in [4.69, 9.17) is 16.3 Å². The summed E-state index contributed by atoms with van der Waals surface area (Å²) in [5.41, 5.74) is 0.119. The third-order valence-corrected chi connectivity index (χ3v) is 6.89. The van der Waals surface area contributed by atoms with Gasteiger partial charge in [0.2, 0.25) is 0 Å². The van der Waals surface area contributed by atoms with Crippen molar-refractivity contribution in [3.05, 3.63) is 69.2 Å². The van der Waals surface area contributed by atoms with Crippen LogP contribution in [0.4, 0.5) is 14.5 Å². The number of fused-ring (bicyclic) bond motifs is 6. The first-order valence-corrected chi connectivity index (χ1v) is 11.9. The highest BCUT2D eigenvalue weighted by Gasteiger charge is 2.23. The summed E-state index contributed by atoms with van der Waals surface area (Å²) in [6.45, 7) is 0.246. The van der Waals surface area contributed by atoms with E-state index in [-0.39, 0.29) is 39.9 Å². The van der Waals surface area contributed by atoms with Crippen molar-refractivity contribution in [2.75, 3.05) is 24.9 Å². The molecular formula is C22H16BrClF2N2O4S. The SMILES string of the molecule is CN1CCOc2ccc(Br)cc2-c2cc(c(F)cc2F)NS(=O)c2cc(cc(Cl)c2O)C1=O. The Hall–Kier alpha value is -2.69. The molecule has 1 unspecified atom stereocenters. The predicted molar refractivity (Wildman–Crippen MR) is 125 cm³/mol. The van der Waals surface area contributed by atoms with E-state index in [0.717, 1.165) is 6.07 Å². The van der Waals surface area contributed by atoms with Crippen LogP contribution in [0.5, 0.6) is 11.5 Å². The Balaban J connectivity index is 1.91. The molecule has 1 aliphatic heterocycles. The molecular weight excluding hydrogens is 542 g/mol. The zero-order valence-electron chi connectivity index (χ0n) is 17.0. The van der Waals surface area contributed by atoms with Crippen LogP contribution in [0.25, 0.3) is 11.1 Å². The molecule has 172 valence electrons. The van der Waals surface area contributed by atoms with Crippen molar-refractivity contribution in [3.63, 3.8) is 0 Å². The number of hydrogen-bond acceptors (Lipinski definition) is 4. The Morgan fingerprint density at radius 2 is 1.91 bits per heavy atom. The standard InChI is InChI=1S/C22H16BrClF2N2O4S/c1-28-4-5-32-19-3-2-12(23)8-14(19)13-9-18(17(26)10-16(13)25)27-33(31)20-7-11(22(28)30)6-15(24)21(20)29/h2-3,6-10,27,29H,4-5H2,1H3. The maximum atomic E-state index is 14.8. The van der Waals surface area contributed by atoms with Crippen molar-refractivity contribution in [2.24, 2.45) is 0 Å². The highest BCUT2D eigenvalue weighted by Crippen LogP contribution is 2.38. The second kappa shape index (κ2) is 9.28. The van der Waals surface area contributed by atoms with E-state index in [0.29, 0.717) is 21.9 Å². The molecule has 2 N–H and O–H groups in total. The number of carbonyl (C=O) groups is 1. The Bertz CT molecular complexity index is 1310. The molecule has 1 heterocycles. The van der Waals surface area contributed by atoms with Gasteiger partial charge >= 0.3 is 0 Å². The van der Waals surface area contributed by atoms with Crippen molar-refractivity contribution in [1.82, 2.24) is 4.90 Å². The van der Waals surface area contributed by atoms with Gasteiger partial charge in [-0.15, -0.1) is 0 Å². The molecule has 4 rings (SSSR count). The van der Waals surface area contributed by atoms with Crippen LogP contribution in [0.1, 0.15) is 10.4 Å². The Morgan fingerprint density at radius 1 is 1.15 bits per heavy atom. The summed E-state index contributed by atoms with van der Waals surface area (Å²) in [4.78, 5) is 14.0. The molecule has 1 atom stereocenters. The summed E-state index contributed by atoms with van der Waals surface area (Å²) in [7, 11) is -0.690. The van der Waals surface area contributed by atoms with Gasteiger partial charge in [-0.3, -0.25) is 9.52 Å². The fraction of sp³-hybridized carbons (Fsp3) is 0.136. The number of nitrogens with zero attached hydrogens (tertiary/aromatic N) is 1. The van der Waals surface area contributed by atoms with Crippen molar-refractivity contribution < 1.29 is 27.6 Å². The molecule has 1 aliphatic rings. The average Bonchev–Trinajstić information content (AvgIpc) is 2.77. The molecule has 0 fully saturated rings. The molecule has 0 aliphatic carbocycles. The monoisotopic (exact) mass is 556 g/mol. The molecule has 3 aromatic carbocycles. The fourth-order valence-electron chi connectivity index (χ4n) is 3.28. The minimum Gasteiger partial charge on any atom is -0.505 e. The van der Waals surface area contributed by atoms with Crippen LogP contribution < -0.4 is 9.46 Å². The van der Waals surface area contributed by atoms with Gasteiger partial charge in [-0.25, -0.2) is 13.0 Å². The predicted octanol–water partition coefficient (Wildman–Crippen LogP) is 5.35. The van der Waals surface area contributed by atoms with Gasteiger partial charge in [-0.2, -0.15) is 0 Å². The minimum atomic E-state index is -2.23. The van der Waals surface area contributed by atoms with Crippen LogP contribution >= 0.6 is 27.5 Å².